The largest absolute Gasteiger partial charge is 0.480 e. The number of carboxylic acids is 1. The van der Waals surface area contributed by atoms with Crippen LogP contribution in [-0.2, 0) is 9.59 Å². The van der Waals surface area contributed by atoms with Crippen molar-refractivity contribution in [2.24, 2.45) is 5.92 Å². The fourth-order valence-corrected chi connectivity index (χ4v) is 5.45. The highest BCUT2D eigenvalue weighted by molar-refractivity contribution is 6.31. The lowest BCUT2D eigenvalue weighted by molar-refractivity contribution is -0.151. The number of amides is 1. The number of allylic oxidation sites excluding steroid dienone is 2. The summed E-state index contributed by atoms with van der Waals surface area (Å²) in [7, 11) is 3.48. The van der Waals surface area contributed by atoms with Gasteiger partial charge in [0.15, 0.2) is 0 Å². The molecule has 1 aliphatic carbocycles. The minimum Gasteiger partial charge on any atom is -0.480 e. The maximum atomic E-state index is 14.9. The zero-order chi connectivity index (χ0) is 27.7. The second-order valence-electron chi connectivity index (χ2n) is 10.1. The van der Waals surface area contributed by atoms with Crippen LogP contribution in [0.3, 0.4) is 0 Å². The van der Waals surface area contributed by atoms with E-state index in [2.05, 4.69) is 17.9 Å². The van der Waals surface area contributed by atoms with Crippen molar-refractivity contribution >= 4 is 29.1 Å². The van der Waals surface area contributed by atoms with Gasteiger partial charge in [-0.15, -0.1) is 0 Å². The Morgan fingerprint density at radius 2 is 1.81 bits per heavy atom. The van der Waals surface area contributed by atoms with Crippen LogP contribution in [0.1, 0.15) is 56.8 Å². The molecule has 1 aliphatic rings. The first-order valence-electron chi connectivity index (χ1n) is 12.5. The second kappa shape index (κ2) is 11.2. The topological polar surface area (TPSA) is 60.9 Å². The predicted octanol–water partition coefficient (Wildman–Crippen LogP) is 6.52. The molecule has 0 saturated carbocycles. The number of hydrogen-bond donors (Lipinski definition) is 1. The maximum Gasteiger partial charge on any atom is 0.326 e. The van der Waals surface area contributed by atoms with Crippen molar-refractivity contribution in [1.82, 2.24) is 9.80 Å². The number of aryl methyl sites for hydroxylation is 1. The minimum atomic E-state index is -1.07. The van der Waals surface area contributed by atoms with Gasteiger partial charge >= 0.3 is 5.97 Å². The average Bonchev–Trinajstić information content (AvgIpc) is 2.85. The van der Waals surface area contributed by atoms with E-state index in [4.69, 9.17) is 11.6 Å². The van der Waals surface area contributed by atoms with Crippen molar-refractivity contribution in [3.8, 4) is 0 Å². The number of carbonyl (C=O) groups is 2. The van der Waals surface area contributed by atoms with Gasteiger partial charge in [-0.05, 0) is 70.0 Å². The summed E-state index contributed by atoms with van der Waals surface area (Å²) in [5.74, 6) is -2.40. The van der Waals surface area contributed by atoms with Gasteiger partial charge in [0, 0.05) is 23.7 Å². The molecule has 0 radical (unpaired) electrons. The highest BCUT2D eigenvalue weighted by Crippen LogP contribution is 2.44. The van der Waals surface area contributed by atoms with Gasteiger partial charge in [0.05, 0.1) is 11.5 Å². The summed E-state index contributed by atoms with van der Waals surface area (Å²) in [6.07, 6.45) is 4.54. The molecular weight excluding hydrogens is 491 g/mol. The number of nitrogens with zero attached hydrogens (tertiary/aromatic N) is 2. The number of carbonyl (C=O) groups excluding carboxylic acids is 1. The monoisotopic (exact) mass is 526 g/mol. The number of hydrogen-bond acceptors (Lipinski definition) is 3. The molecule has 4 atom stereocenters. The number of likely N-dealkylation sites (N-methyl/N-ethyl adjacent to an activating group) is 2. The fraction of sp³-hybridized carbons (Fsp3) is 0.400. The molecule has 0 saturated heterocycles. The normalized spacial score (nSPS) is 21.2. The van der Waals surface area contributed by atoms with E-state index in [1.165, 1.54) is 24.9 Å². The van der Waals surface area contributed by atoms with Gasteiger partial charge in [0.25, 0.3) is 0 Å². The lowest BCUT2D eigenvalue weighted by Crippen LogP contribution is -2.57. The van der Waals surface area contributed by atoms with Crippen LogP contribution in [0.5, 0.6) is 0 Å². The van der Waals surface area contributed by atoms with E-state index in [0.717, 1.165) is 23.1 Å². The van der Waals surface area contributed by atoms with Crippen LogP contribution in [0.25, 0.3) is 5.57 Å². The molecule has 0 aliphatic heterocycles. The second-order valence-corrected chi connectivity index (χ2v) is 10.5. The van der Waals surface area contributed by atoms with Gasteiger partial charge in [0.2, 0.25) is 5.91 Å². The molecule has 0 spiro atoms. The average molecular weight is 527 g/mol. The van der Waals surface area contributed by atoms with Crippen LogP contribution in [0.15, 0.2) is 60.2 Å². The standard InChI is InChI=1S/C30H36ClFN2O3/c1-8-26(21-13-14-24(31)18(2)15-21)34(7)30(5)17-22(23-11-9-10-12-25(23)32)16-19(3)27(30)28(35)33(6)20(4)29(36)37/h9-17,20,26-27H,8H2,1-7H3,(H,36,37). The summed E-state index contributed by atoms with van der Waals surface area (Å²) < 4.78 is 14.9. The molecule has 0 heterocycles. The van der Waals surface area contributed by atoms with E-state index in [1.54, 1.807) is 18.2 Å². The van der Waals surface area contributed by atoms with Crippen LogP contribution in [0, 0.1) is 18.7 Å². The van der Waals surface area contributed by atoms with Gasteiger partial charge in [0.1, 0.15) is 11.9 Å². The van der Waals surface area contributed by atoms with E-state index >= 15 is 0 Å². The number of carboxylic acid groups (broad SMARTS) is 1. The summed E-state index contributed by atoms with van der Waals surface area (Å²) in [4.78, 5) is 29.0. The molecule has 2 aromatic rings. The Labute approximate surface area is 224 Å². The lowest BCUT2D eigenvalue weighted by atomic mass is 9.71. The van der Waals surface area contributed by atoms with E-state index in [9.17, 15) is 19.1 Å². The van der Waals surface area contributed by atoms with Crippen molar-refractivity contribution in [3.63, 3.8) is 0 Å². The van der Waals surface area contributed by atoms with Crippen LogP contribution in [-0.4, -0.2) is 52.5 Å². The number of benzene rings is 2. The molecule has 5 nitrogen and oxygen atoms in total. The SMILES string of the molecule is CCC(c1ccc(Cl)c(C)c1)N(C)C1(C)C=C(c2ccccc2F)C=C(C)C1C(=O)N(C)C(C)C(=O)O. The van der Waals surface area contributed by atoms with Crippen LogP contribution in [0.2, 0.25) is 5.02 Å². The minimum absolute atomic E-state index is 0.0810. The number of aliphatic carboxylic acids is 1. The highest BCUT2D eigenvalue weighted by atomic mass is 35.5. The molecule has 1 N–H and O–H groups in total. The quantitative estimate of drug-likeness (QED) is 0.425. The smallest absolute Gasteiger partial charge is 0.326 e. The third kappa shape index (κ3) is 5.51. The third-order valence-electron chi connectivity index (χ3n) is 7.77. The van der Waals surface area contributed by atoms with Gasteiger partial charge in [-0.2, -0.15) is 0 Å². The Morgan fingerprint density at radius 3 is 2.38 bits per heavy atom. The highest BCUT2D eigenvalue weighted by Gasteiger charge is 2.47. The molecule has 3 rings (SSSR count). The molecule has 0 bridgehead atoms. The molecule has 198 valence electrons. The first kappa shape index (κ1) is 28.6. The van der Waals surface area contributed by atoms with Gasteiger partial charge < -0.3 is 10.0 Å². The van der Waals surface area contributed by atoms with Gasteiger partial charge in [-0.3, -0.25) is 9.69 Å². The Bertz CT molecular complexity index is 1260. The number of rotatable bonds is 8. The van der Waals surface area contributed by atoms with Crippen molar-refractivity contribution in [2.75, 3.05) is 14.1 Å². The molecule has 1 amide bonds. The Morgan fingerprint density at radius 1 is 1.16 bits per heavy atom. The van der Waals surface area contributed by atoms with Crippen LogP contribution in [0.4, 0.5) is 4.39 Å². The Kier molecular flexibility index (Phi) is 8.66. The molecular formula is C30H36ClFN2O3. The molecule has 4 unspecified atom stereocenters. The molecule has 0 aromatic heterocycles. The van der Waals surface area contributed by atoms with E-state index in [-0.39, 0.29) is 17.8 Å². The molecule has 37 heavy (non-hydrogen) atoms. The van der Waals surface area contributed by atoms with Crippen LogP contribution < -0.4 is 0 Å². The Hall–Kier alpha value is -2.96. The van der Waals surface area contributed by atoms with E-state index in [0.29, 0.717) is 16.2 Å². The summed E-state index contributed by atoms with van der Waals surface area (Å²) in [5.41, 5.74) is 3.00. The molecule has 2 aromatic carbocycles. The summed E-state index contributed by atoms with van der Waals surface area (Å²) >= 11 is 6.30. The van der Waals surface area contributed by atoms with Crippen molar-refractivity contribution in [3.05, 3.63) is 87.7 Å². The summed E-state index contributed by atoms with van der Waals surface area (Å²) in [5, 5.41) is 10.2. The first-order chi connectivity index (χ1) is 17.3. The van der Waals surface area contributed by atoms with E-state index in [1.807, 2.05) is 52.1 Å². The summed E-state index contributed by atoms with van der Waals surface area (Å²) in [6, 6.07) is 11.4. The maximum absolute atomic E-state index is 14.9. The van der Waals surface area contributed by atoms with Crippen molar-refractivity contribution in [1.29, 1.82) is 0 Å². The molecule has 0 fully saturated rings. The first-order valence-corrected chi connectivity index (χ1v) is 12.9. The van der Waals surface area contributed by atoms with E-state index < -0.39 is 23.5 Å². The van der Waals surface area contributed by atoms with Crippen molar-refractivity contribution in [2.45, 2.75) is 58.7 Å². The third-order valence-corrected chi connectivity index (χ3v) is 8.19. The van der Waals surface area contributed by atoms with Gasteiger partial charge in [-0.1, -0.05) is 66.6 Å². The Balaban J connectivity index is 2.19. The van der Waals surface area contributed by atoms with Crippen molar-refractivity contribution < 1.29 is 19.1 Å². The summed E-state index contributed by atoms with van der Waals surface area (Å²) in [6.45, 7) is 9.36. The zero-order valence-electron chi connectivity index (χ0n) is 22.5. The molecule has 7 heteroatoms. The van der Waals surface area contributed by atoms with Gasteiger partial charge in [-0.25, -0.2) is 9.18 Å². The number of halogens is 2. The lowest BCUT2D eigenvalue weighted by Gasteiger charge is -2.49. The zero-order valence-corrected chi connectivity index (χ0v) is 23.3. The predicted molar refractivity (Wildman–Crippen MR) is 147 cm³/mol. The van der Waals surface area contributed by atoms with Crippen LogP contribution >= 0.6 is 11.6 Å². The fourth-order valence-electron chi connectivity index (χ4n) is 5.33.